The molecule has 1 aliphatic rings. The van der Waals surface area contributed by atoms with Crippen molar-refractivity contribution in [2.45, 2.75) is 6.54 Å². The molecule has 1 aliphatic heterocycles. The van der Waals surface area contributed by atoms with Crippen molar-refractivity contribution < 1.29 is 4.79 Å². The number of amides is 2. The van der Waals surface area contributed by atoms with Crippen LogP contribution in [0.4, 0.5) is 16.2 Å². The van der Waals surface area contributed by atoms with Gasteiger partial charge in [0.25, 0.3) is 0 Å². The van der Waals surface area contributed by atoms with E-state index >= 15 is 0 Å². The number of urea groups is 1. The van der Waals surface area contributed by atoms with Crippen molar-refractivity contribution in [3.63, 3.8) is 0 Å². The Labute approximate surface area is 163 Å². The van der Waals surface area contributed by atoms with Crippen LogP contribution in [0.2, 0.25) is 0 Å². The Morgan fingerprint density at radius 2 is 1.73 bits per heavy atom. The molecule has 1 fully saturated rings. The maximum atomic E-state index is 12.4. The van der Waals surface area contributed by atoms with Gasteiger partial charge < -0.3 is 20.0 Å². The molecular formula is C20H25BrN4O. The van der Waals surface area contributed by atoms with Gasteiger partial charge in [-0.1, -0.05) is 34.1 Å². The molecule has 0 saturated carbocycles. The lowest BCUT2D eigenvalue weighted by Gasteiger charge is -2.34. The molecule has 0 unspecified atom stereocenters. The Hall–Kier alpha value is -2.05. The van der Waals surface area contributed by atoms with Gasteiger partial charge in [-0.25, -0.2) is 4.79 Å². The maximum absolute atomic E-state index is 12.4. The highest BCUT2D eigenvalue weighted by Gasteiger charge is 2.15. The molecule has 1 heterocycles. The van der Waals surface area contributed by atoms with Crippen LogP contribution in [0.3, 0.4) is 0 Å². The first-order valence-electron chi connectivity index (χ1n) is 8.82. The highest BCUT2D eigenvalue weighted by molar-refractivity contribution is 9.10. The maximum Gasteiger partial charge on any atom is 0.321 e. The number of anilines is 2. The topological polar surface area (TPSA) is 38.8 Å². The van der Waals surface area contributed by atoms with Gasteiger partial charge in [0.1, 0.15) is 0 Å². The van der Waals surface area contributed by atoms with Crippen molar-refractivity contribution in [3.8, 4) is 0 Å². The molecule has 2 amide bonds. The second kappa shape index (κ2) is 8.56. The lowest BCUT2D eigenvalue weighted by molar-refractivity contribution is 0.220. The number of benzene rings is 2. The third-order valence-electron chi connectivity index (χ3n) is 4.70. The zero-order valence-electron chi connectivity index (χ0n) is 15.3. The Kier molecular flexibility index (Phi) is 6.16. The molecule has 138 valence electrons. The van der Waals surface area contributed by atoms with E-state index in [0.29, 0.717) is 6.54 Å². The Morgan fingerprint density at radius 3 is 2.38 bits per heavy atom. The zero-order chi connectivity index (χ0) is 18.5. The van der Waals surface area contributed by atoms with Gasteiger partial charge in [-0.05, 0) is 42.9 Å². The number of rotatable bonds is 4. The van der Waals surface area contributed by atoms with Crippen molar-refractivity contribution in [2.75, 3.05) is 50.5 Å². The SMILES string of the molecule is CN1CCN(c2ccc(NC(=O)N(C)Cc3ccccc3Br)cc2)CC1. The van der Waals surface area contributed by atoms with Gasteiger partial charge in [-0.2, -0.15) is 0 Å². The van der Waals surface area contributed by atoms with Crippen LogP contribution in [0, 0.1) is 0 Å². The van der Waals surface area contributed by atoms with Gasteiger partial charge in [0.2, 0.25) is 0 Å². The molecule has 0 radical (unpaired) electrons. The fourth-order valence-electron chi connectivity index (χ4n) is 2.99. The smallest absolute Gasteiger partial charge is 0.321 e. The minimum atomic E-state index is -0.117. The van der Waals surface area contributed by atoms with Crippen molar-refractivity contribution >= 4 is 33.3 Å². The summed E-state index contributed by atoms with van der Waals surface area (Å²) in [7, 11) is 3.95. The summed E-state index contributed by atoms with van der Waals surface area (Å²) in [6.07, 6.45) is 0. The van der Waals surface area contributed by atoms with E-state index in [1.807, 2.05) is 36.4 Å². The number of likely N-dealkylation sites (N-methyl/N-ethyl adjacent to an activating group) is 1. The van der Waals surface area contributed by atoms with Crippen LogP contribution in [0.15, 0.2) is 53.0 Å². The van der Waals surface area contributed by atoms with Gasteiger partial charge in [-0.15, -0.1) is 0 Å². The first kappa shape index (κ1) is 18.7. The van der Waals surface area contributed by atoms with Gasteiger partial charge in [0.15, 0.2) is 0 Å². The van der Waals surface area contributed by atoms with Crippen molar-refractivity contribution in [2.24, 2.45) is 0 Å². The molecule has 2 aromatic carbocycles. The van der Waals surface area contributed by atoms with Crippen LogP contribution in [-0.2, 0) is 6.54 Å². The molecule has 6 heteroatoms. The van der Waals surface area contributed by atoms with Crippen LogP contribution in [0.5, 0.6) is 0 Å². The number of hydrogen-bond donors (Lipinski definition) is 1. The first-order valence-corrected chi connectivity index (χ1v) is 9.61. The third kappa shape index (κ3) is 4.77. The number of carbonyl (C=O) groups excluding carboxylic acids is 1. The summed E-state index contributed by atoms with van der Waals surface area (Å²) >= 11 is 3.52. The molecule has 2 aromatic rings. The van der Waals surface area contributed by atoms with Crippen molar-refractivity contribution in [1.29, 1.82) is 0 Å². The van der Waals surface area contributed by atoms with E-state index in [4.69, 9.17) is 0 Å². The molecular weight excluding hydrogens is 392 g/mol. The van der Waals surface area contributed by atoms with E-state index in [2.05, 4.69) is 50.2 Å². The normalized spacial score (nSPS) is 15.0. The minimum absolute atomic E-state index is 0.117. The predicted molar refractivity (Wildman–Crippen MR) is 111 cm³/mol. The minimum Gasteiger partial charge on any atom is -0.369 e. The van der Waals surface area contributed by atoms with E-state index in [1.54, 1.807) is 11.9 Å². The second-order valence-corrected chi connectivity index (χ2v) is 7.57. The van der Waals surface area contributed by atoms with Crippen LogP contribution < -0.4 is 10.2 Å². The molecule has 0 bridgehead atoms. The van der Waals surface area contributed by atoms with E-state index in [9.17, 15) is 4.79 Å². The monoisotopic (exact) mass is 416 g/mol. The lowest BCUT2D eigenvalue weighted by atomic mass is 10.2. The van der Waals surface area contributed by atoms with Gasteiger partial charge in [-0.3, -0.25) is 0 Å². The Balaban J connectivity index is 1.56. The molecule has 1 saturated heterocycles. The largest absolute Gasteiger partial charge is 0.369 e. The number of carbonyl (C=O) groups is 1. The Bertz CT molecular complexity index is 742. The number of nitrogens with zero attached hydrogens (tertiary/aromatic N) is 3. The van der Waals surface area contributed by atoms with E-state index in [-0.39, 0.29) is 6.03 Å². The van der Waals surface area contributed by atoms with Crippen LogP contribution in [0.25, 0.3) is 0 Å². The highest BCUT2D eigenvalue weighted by atomic mass is 79.9. The second-order valence-electron chi connectivity index (χ2n) is 6.71. The molecule has 0 aromatic heterocycles. The molecule has 5 nitrogen and oxygen atoms in total. The molecule has 0 aliphatic carbocycles. The zero-order valence-corrected chi connectivity index (χ0v) is 16.9. The van der Waals surface area contributed by atoms with Gasteiger partial charge >= 0.3 is 6.03 Å². The van der Waals surface area contributed by atoms with Gasteiger partial charge in [0, 0.05) is 55.6 Å². The molecule has 0 atom stereocenters. The summed E-state index contributed by atoms with van der Waals surface area (Å²) in [5.41, 5.74) is 3.10. The summed E-state index contributed by atoms with van der Waals surface area (Å²) in [5.74, 6) is 0. The summed E-state index contributed by atoms with van der Waals surface area (Å²) in [6.45, 7) is 4.79. The van der Waals surface area contributed by atoms with E-state index in [1.165, 1.54) is 5.69 Å². The van der Waals surface area contributed by atoms with Crippen LogP contribution in [-0.4, -0.2) is 56.1 Å². The van der Waals surface area contributed by atoms with E-state index < -0.39 is 0 Å². The summed E-state index contributed by atoms with van der Waals surface area (Å²) in [5, 5.41) is 2.96. The molecule has 26 heavy (non-hydrogen) atoms. The van der Waals surface area contributed by atoms with Crippen molar-refractivity contribution in [3.05, 3.63) is 58.6 Å². The van der Waals surface area contributed by atoms with Crippen molar-refractivity contribution in [1.82, 2.24) is 9.80 Å². The third-order valence-corrected chi connectivity index (χ3v) is 5.47. The Morgan fingerprint density at radius 1 is 1.08 bits per heavy atom. The summed E-state index contributed by atoms with van der Waals surface area (Å²) in [4.78, 5) is 18.8. The summed E-state index contributed by atoms with van der Waals surface area (Å²) < 4.78 is 1.01. The number of nitrogens with one attached hydrogen (secondary N) is 1. The predicted octanol–water partition coefficient (Wildman–Crippen LogP) is 3.86. The number of piperazine rings is 1. The number of halogens is 1. The average molecular weight is 417 g/mol. The fraction of sp³-hybridized carbons (Fsp3) is 0.350. The standard InChI is InChI=1S/C20H25BrN4O/c1-23-11-13-25(14-12-23)18-9-7-17(8-10-18)22-20(26)24(2)15-16-5-3-4-6-19(16)21/h3-10H,11-15H2,1-2H3,(H,22,26). The fourth-order valence-corrected chi connectivity index (χ4v) is 3.40. The average Bonchev–Trinajstić information content (AvgIpc) is 2.65. The highest BCUT2D eigenvalue weighted by Crippen LogP contribution is 2.20. The molecule has 3 rings (SSSR count). The first-order chi connectivity index (χ1) is 12.5. The molecule has 1 N–H and O–H groups in total. The number of hydrogen-bond acceptors (Lipinski definition) is 3. The van der Waals surface area contributed by atoms with Crippen LogP contribution in [0.1, 0.15) is 5.56 Å². The lowest BCUT2D eigenvalue weighted by Crippen LogP contribution is -2.44. The summed E-state index contributed by atoms with van der Waals surface area (Å²) in [6, 6.07) is 15.9. The van der Waals surface area contributed by atoms with Gasteiger partial charge in [0.05, 0.1) is 0 Å². The molecule has 0 spiro atoms. The van der Waals surface area contributed by atoms with E-state index in [0.717, 1.165) is 41.9 Å². The quantitative estimate of drug-likeness (QED) is 0.821. The van der Waals surface area contributed by atoms with Crippen LogP contribution >= 0.6 is 15.9 Å².